The largest absolute Gasteiger partial charge is 0.355 e. The van der Waals surface area contributed by atoms with E-state index in [1.165, 1.54) is 6.42 Å². The van der Waals surface area contributed by atoms with Gasteiger partial charge in [-0.3, -0.25) is 4.79 Å². The van der Waals surface area contributed by atoms with Gasteiger partial charge in [0, 0.05) is 12.6 Å². The molecule has 0 atom stereocenters. The average Bonchev–Trinajstić information content (AvgIpc) is 2.32. The molecule has 2 nitrogen and oxygen atoms in total. The smallest absolute Gasteiger partial charge is 0.251 e. The summed E-state index contributed by atoms with van der Waals surface area (Å²) in [4.78, 5) is 11.1. The van der Waals surface area contributed by atoms with Crippen LogP contribution in [-0.4, -0.2) is 13.0 Å². The highest BCUT2D eigenvalue weighted by Crippen LogP contribution is 2.02. The molecule has 0 aromatic heterocycles. The molecule has 1 N–H and O–H groups in total. The number of hydrogen-bond acceptors (Lipinski definition) is 1. The van der Waals surface area contributed by atoms with Gasteiger partial charge in [-0.25, -0.2) is 0 Å². The molecule has 1 rings (SSSR count). The van der Waals surface area contributed by atoms with Crippen LogP contribution in [0.4, 0.5) is 0 Å². The van der Waals surface area contributed by atoms with Gasteiger partial charge in [-0.05, 0) is 19.1 Å². The van der Waals surface area contributed by atoms with Gasteiger partial charge in [0.15, 0.2) is 0 Å². The van der Waals surface area contributed by atoms with Gasteiger partial charge in [-0.15, -0.1) is 12.8 Å². The molecule has 0 spiro atoms. The van der Waals surface area contributed by atoms with Gasteiger partial charge in [0.1, 0.15) is 0 Å². The van der Waals surface area contributed by atoms with Crippen molar-refractivity contribution in [1.29, 1.82) is 0 Å². The van der Waals surface area contributed by atoms with E-state index in [0.717, 1.165) is 5.56 Å². The summed E-state index contributed by atoms with van der Waals surface area (Å²) < 4.78 is 0. The number of hydrogen-bond donors (Lipinski definition) is 1. The zero-order chi connectivity index (χ0) is 13.0. The van der Waals surface area contributed by atoms with E-state index >= 15 is 0 Å². The second kappa shape index (κ2) is 11.3. The number of aryl methyl sites for hydroxylation is 1. The predicted octanol–water partition coefficient (Wildman–Crippen LogP) is 3.02. The third kappa shape index (κ3) is 7.64. The average molecular weight is 219 g/mol. The summed E-state index contributed by atoms with van der Waals surface area (Å²) in [7, 11) is 1.63. The lowest BCUT2D eigenvalue weighted by atomic mass is 10.1. The fourth-order valence-corrected chi connectivity index (χ4v) is 0.931. The molecule has 1 aromatic rings. The molecule has 0 bridgehead atoms. The van der Waals surface area contributed by atoms with Crippen LogP contribution in [0.3, 0.4) is 0 Å². The Labute approximate surface area is 99.1 Å². The maximum atomic E-state index is 11.1. The molecule has 0 saturated heterocycles. The summed E-state index contributed by atoms with van der Waals surface area (Å²) in [6.07, 6.45) is 9.25. The van der Waals surface area contributed by atoms with Gasteiger partial charge >= 0.3 is 0 Å². The Morgan fingerprint density at radius 3 is 2.19 bits per heavy atom. The van der Waals surface area contributed by atoms with Crippen molar-refractivity contribution in [2.45, 2.75) is 27.2 Å². The minimum Gasteiger partial charge on any atom is -0.355 e. The van der Waals surface area contributed by atoms with Crippen LogP contribution in [0.2, 0.25) is 0 Å². The van der Waals surface area contributed by atoms with E-state index in [1.54, 1.807) is 13.1 Å². The number of terminal acetylenes is 1. The SMILES string of the molecule is C#C.CCC.CNC(=O)c1cccc(C)c1. The van der Waals surface area contributed by atoms with E-state index in [0.29, 0.717) is 5.56 Å². The number of nitrogens with one attached hydrogen (secondary N) is 1. The molecule has 1 amide bonds. The molecule has 0 fully saturated rings. The standard InChI is InChI=1S/C9H11NO.C3H8.C2H2/c1-7-4-3-5-8(6-7)9(11)10-2;1-3-2;1-2/h3-6H,1-2H3,(H,10,11);3H2,1-2H3;1-2H. The van der Waals surface area contributed by atoms with Crippen molar-refractivity contribution in [2.24, 2.45) is 0 Å². The monoisotopic (exact) mass is 219 g/mol. The molecular weight excluding hydrogens is 198 g/mol. The fraction of sp³-hybridized carbons (Fsp3) is 0.357. The first-order chi connectivity index (χ1) is 7.65. The highest BCUT2D eigenvalue weighted by Gasteiger charge is 2.00. The van der Waals surface area contributed by atoms with Crippen molar-refractivity contribution in [1.82, 2.24) is 5.32 Å². The second-order valence-electron chi connectivity index (χ2n) is 3.16. The lowest BCUT2D eigenvalue weighted by Gasteiger charge is -1.99. The van der Waals surface area contributed by atoms with E-state index in [4.69, 9.17) is 0 Å². The van der Waals surface area contributed by atoms with Crippen LogP contribution in [0, 0.1) is 19.8 Å². The maximum Gasteiger partial charge on any atom is 0.251 e. The Morgan fingerprint density at radius 2 is 1.81 bits per heavy atom. The minimum absolute atomic E-state index is 0.0336. The Hall–Kier alpha value is -1.75. The van der Waals surface area contributed by atoms with Crippen LogP contribution >= 0.6 is 0 Å². The number of rotatable bonds is 1. The molecule has 0 radical (unpaired) electrons. The van der Waals surface area contributed by atoms with E-state index in [9.17, 15) is 4.79 Å². The van der Waals surface area contributed by atoms with E-state index in [2.05, 4.69) is 32.0 Å². The molecular formula is C14H21NO. The summed E-state index contributed by atoms with van der Waals surface area (Å²) in [6.45, 7) is 6.21. The quantitative estimate of drug-likeness (QED) is 0.723. The van der Waals surface area contributed by atoms with Crippen LogP contribution in [-0.2, 0) is 0 Å². The zero-order valence-electron chi connectivity index (χ0n) is 10.6. The van der Waals surface area contributed by atoms with Crippen molar-refractivity contribution in [2.75, 3.05) is 7.05 Å². The number of carbonyl (C=O) groups excluding carboxylic acids is 1. The third-order valence-corrected chi connectivity index (χ3v) is 1.51. The second-order valence-corrected chi connectivity index (χ2v) is 3.16. The van der Waals surface area contributed by atoms with E-state index in [1.807, 2.05) is 25.1 Å². The predicted molar refractivity (Wildman–Crippen MR) is 70.4 cm³/mol. The maximum absolute atomic E-state index is 11.1. The van der Waals surface area contributed by atoms with Gasteiger partial charge in [0.25, 0.3) is 5.91 Å². The summed E-state index contributed by atoms with van der Waals surface area (Å²) >= 11 is 0. The summed E-state index contributed by atoms with van der Waals surface area (Å²) in [5.74, 6) is -0.0336. The molecule has 1 aromatic carbocycles. The highest BCUT2D eigenvalue weighted by atomic mass is 16.1. The molecule has 16 heavy (non-hydrogen) atoms. The third-order valence-electron chi connectivity index (χ3n) is 1.51. The lowest BCUT2D eigenvalue weighted by molar-refractivity contribution is 0.0963. The molecule has 2 heteroatoms. The van der Waals surface area contributed by atoms with Gasteiger partial charge in [0.05, 0.1) is 0 Å². The number of benzene rings is 1. The van der Waals surface area contributed by atoms with Crippen molar-refractivity contribution in [3.05, 3.63) is 35.4 Å². The van der Waals surface area contributed by atoms with Gasteiger partial charge in [0.2, 0.25) is 0 Å². The molecule has 0 aliphatic carbocycles. The molecule has 0 saturated carbocycles. The fourth-order valence-electron chi connectivity index (χ4n) is 0.931. The Bertz CT molecular complexity index is 316. The van der Waals surface area contributed by atoms with E-state index in [-0.39, 0.29) is 5.91 Å². The van der Waals surface area contributed by atoms with Crippen LogP contribution in [0.1, 0.15) is 36.2 Å². The summed E-state index contributed by atoms with van der Waals surface area (Å²) in [6, 6.07) is 7.50. The Balaban J connectivity index is 0. The molecule has 0 heterocycles. The zero-order valence-corrected chi connectivity index (χ0v) is 10.6. The number of carbonyl (C=O) groups is 1. The first-order valence-electron chi connectivity index (χ1n) is 5.27. The first kappa shape index (κ1) is 16.7. The van der Waals surface area contributed by atoms with Gasteiger partial charge in [-0.1, -0.05) is 38.0 Å². The van der Waals surface area contributed by atoms with Crippen LogP contribution < -0.4 is 5.32 Å². The Morgan fingerprint density at radius 1 is 1.31 bits per heavy atom. The van der Waals surface area contributed by atoms with Crippen LogP contribution in [0.15, 0.2) is 24.3 Å². The van der Waals surface area contributed by atoms with Crippen LogP contribution in [0.25, 0.3) is 0 Å². The first-order valence-corrected chi connectivity index (χ1v) is 5.27. The van der Waals surface area contributed by atoms with Crippen molar-refractivity contribution < 1.29 is 4.79 Å². The van der Waals surface area contributed by atoms with Crippen molar-refractivity contribution in [3.8, 4) is 12.8 Å². The van der Waals surface area contributed by atoms with Crippen molar-refractivity contribution >= 4 is 5.91 Å². The highest BCUT2D eigenvalue weighted by molar-refractivity contribution is 5.94. The van der Waals surface area contributed by atoms with Gasteiger partial charge in [-0.2, -0.15) is 0 Å². The molecule has 0 unspecified atom stereocenters. The van der Waals surface area contributed by atoms with Gasteiger partial charge < -0.3 is 5.32 Å². The minimum atomic E-state index is -0.0336. The number of amides is 1. The molecule has 0 aliphatic heterocycles. The topological polar surface area (TPSA) is 29.1 Å². The normalized spacial score (nSPS) is 7.62. The molecule has 88 valence electrons. The summed E-state index contributed by atoms with van der Waals surface area (Å²) in [5.41, 5.74) is 1.82. The summed E-state index contributed by atoms with van der Waals surface area (Å²) in [5, 5.41) is 2.57. The van der Waals surface area contributed by atoms with E-state index < -0.39 is 0 Å². The van der Waals surface area contributed by atoms with Crippen molar-refractivity contribution in [3.63, 3.8) is 0 Å². The van der Waals surface area contributed by atoms with Crippen LogP contribution in [0.5, 0.6) is 0 Å². The Kier molecular flexibility index (Phi) is 11.8. The lowest BCUT2D eigenvalue weighted by Crippen LogP contribution is -2.17. The molecule has 0 aliphatic rings.